The van der Waals surface area contributed by atoms with Crippen molar-refractivity contribution in [2.45, 2.75) is 44.6 Å². The molecule has 2 aromatic heterocycles. The third kappa shape index (κ3) is 3.85. The summed E-state index contributed by atoms with van der Waals surface area (Å²) in [6.45, 7) is 3.08. The lowest BCUT2D eigenvalue weighted by Gasteiger charge is -2.32. The number of hydrogen-bond donors (Lipinski definition) is 1. The van der Waals surface area contributed by atoms with Crippen LogP contribution in [-0.4, -0.2) is 49.1 Å². The van der Waals surface area contributed by atoms with Gasteiger partial charge in [0.05, 0.1) is 17.7 Å². The molecule has 1 aliphatic heterocycles. The van der Waals surface area contributed by atoms with E-state index in [1.165, 1.54) is 0 Å². The van der Waals surface area contributed by atoms with Crippen molar-refractivity contribution >= 4 is 17.6 Å². The van der Waals surface area contributed by atoms with Gasteiger partial charge in [-0.15, -0.1) is 0 Å². The van der Waals surface area contributed by atoms with E-state index in [0.29, 0.717) is 30.9 Å². The van der Waals surface area contributed by atoms with Crippen LogP contribution in [0.15, 0.2) is 49.1 Å². The molecule has 160 valence electrons. The maximum Gasteiger partial charge on any atom is 0.315 e. The van der Waals surface area contributed by atoms with E-state index in [1.54, 1.807) is 22.1 Å². The molecular formula is C23H26N6O2. The molecule has 2 fully saturated rings. The number of carbonyl (C=O) groups excluding carboxylic acids is 2. The van der Waals surface area contributed by atoms with Crippen molar-refractivity contribution in [2.24, 2.45) is 0 Å². The molecule has 31 heavy (non-hydrogen) atoms. The molecule has 0 atom stereocenters. The lowest BCUT2D eigenvalue weighted by atomic mass is 10.0. The predicted octanol–water partition coefficient (Wildman–Crippen LogP) is 3.06. The van der Waals surface area contributed by atoms with Crippen molar-refractivity contribution in [3.05, 3.63) is 60.3 Å². The number of likely N-dealkylation sites (tertiary alicyclic amines) is 1. The van der Waals surface area contributed by atoms with Gasteiger partial charge in [0.15, 0.2) is 0 Å². The summed E-state index contributed by atoms with van der Waals surface area (Å²) in [5, 5.41) is 7.64. The summed E-state index contributed by atoms with van der Waals surface area (Å²) in [5.41, 5.74) is 2.81. The average molecular weight is 419 g/mol. The van der Waals surface area contributed by atoms with Crippen molar-refractivity contribution in [1.82, 2.24) is 24.2 Å². The third-order valence-electron chi connectivity index (χ3n) is 6.25. The molecule has 1 saturated heterocycles. The van der Waals surface area contributed by atoms with E-state index in [2.05, 4.69) is 14.9 Å². The maximum atomic E-state index is 12.9. The standard InChI is InChI=1S/C23H26N6O2/c1-16-20(17-7-8-17)26-29(19-5-3-2-4-6-19)21(16)25-22(30)23(31)27-12-9-18(10-13-27)28-14-11-24-15-28/h2-6,11,14-15,17-18H,7-10,12-13H2,1H3,(H,25,30). The quantitative estimate of drug-likeness (QED) is 0.660. The number of nitrogens with one attached hydrogen (secondary N) is 1. The molecule has 1 aliphatic carbocycles. The first-order valence-corrected chi connectivity index (χ1v) is 10.8. The Morgan fingerprint density at radius 1 is 1.06 bits per heavy atom. The first kappa shape index (κ1) is 19.5. The Hall–Kier alpha value is -3.42. The van der Waals surface area contributed by atoms with E-state index >= 15 is 0 Å². The van der Waals surface area contributed by atoms with Gasteiger partial charge in [0.25, 0.3) is 0 Å². The van der Waals surface area contributed by atoms with Gasteiger partial charge in [-0.25, -0.2) is 9.67 Å². The SMILES string of the molecule is Cc1c(C2CC2)nn(-c2ccccc2)c1NC(=O)C(=O)N1CCC(n2ccnc2)CC1. The van der Waals surface area contributed by atoms with E-state index in [4.69, 9.17) is 5.10 Å². The first-order chi connectivity index (χ1) is 15.1. The summed E-state index contributed by atoms with van der Waals surface area (Å²) in [7, 11) is 0. The van der Waals surface area contributed by atoms with Crippen LogP contribution in [-0.2, 0) is 9.59 Å². The fourth-order valence-electron chi connectivity index (χ4n) is 4.32. The van der Waals surface area contributed by atoms with Gasteiger partial charge in [-0.1, -0.05) is 18.2 Å². The molecule has 8 nitrogen and oxygen atoms in total. The molecule has 1 saturated carbocycles. The fourth-order valence-corrected chi connectivity index (χ4v) is 4.32. The molecule has 2 aliphatic rings. The Morgan fingerprint density at radius 3 is 2.45 bits per heavy atom. The van der Waals surface area contributed by atoms with Gasteiger partial charge in [-0.05, 0) is 44.7 Å². The van der Waals surface area contributed by atoms with Crippen LogP contribution < -0.4 is 5.32 Å². The Kier molecular flexibility index (Phi) is 5.05. The number of carbonyl (C=O) groups is 2. The Bertz CT molecular complexity index is 1080. The predicted molar refractivity (Wildman–Crippen MR) is 116 cm³/mol. The van der Waals surface area contributed by atoms with Gasteiger partial charge in [0.2, 0.25) is 0 Å². The highest BCUT2D eigenvalue weighted by molar-refractivity contribution is 6.39. The van der Waals surface area contributed by atoms with Crippen LogP contribution in [0.2, 0.25) is 0 Å². The molecule has 3 aromatic rings. The molecule has 0 bridgehead atoms. The molecule has 3 heterocycles. The number of benzene rings is 1. The molecule has 0 radical (unpaired) electrons. The van der Waals surface area contributed by atoms with Crippen molar-refractivity contribution in [2.75, 3.05) is 18.4 Å². The number of aromatic nitrogens is 4. The summed E-state index contributed by atoms with van der Waals surface area (Å²) in [6, 6.07) is 10.0. The summed E-state index contributed by atoms with van der Waals surface area (Å²) < 4.78 is 3.82. The summed E-state index contributed by atoms with van der Waals surface area (Å²) in [6.07, 6.45) is 9.36. The molecule has 8 heteroatoms. The number of rotatable bonds is 4. The van der Waals surface area contributed by atoms with Crippen LogP contribution >= 0.6 is 0 Å². The third-order valence-corrected chi connectivity index (χ3v) is 6.25. The largest absolute Gasteiger partial charge is 0.334 e. The molecule has 2 amide bonds. The molecular weight excluding hydrogens is 392 g/mol. The van der Waals surface area contributed by atoms with E-state index in [9.17, 15) is 9.59 Å². The van der Waals surface area contributed by atoms with E-state index in [1.807, 2.05) is 43.5 Å². The second kappa shape index (κ2) is 8.02. The Labute approximate surface area is 180 Å². The summed E-state index contributed by atoms with van der Waals surface area (Å²) in [4.78, 5) is 31.5. The second-order valence-corrected chi connectivity index (χ2v) is 8.37. The zero-order valence-electron chi connectivity index (χ0n) is 17.6. The molecule has 1 N–H and O–H groups in total. The fraction of sp³-hybridized carbons (Fsp3) is 0.391. The van der Waals surface area contributed by atoms with Gasteiger partial charge in [0.1, 0.15) is 5.82 Å². The van der Waals surface area contributed by atoms with Crippen LogP contribution in [0.5, 0.6) is 0 Å². The minimum absolute atomic E-state index is 0.317. The number of nitrogens with zero attached hydrogens (tertiary/aromatic N) is 5. The van der Waals surface area contributed by atoms with Gasteiger partial charge in [-0.2, -0.15) is 5.10 Å². The van der Waals surface area contributed by atoms with E-state index < -0.39 is 11.8 Å². The van der Waals surface area contributed by atoms with Crippen molar-refractivity contribution in [1.29, 1.82) is 0 Å². The zero-order chi connectivity index (χ0) is 21.4. The number of piperidine rings is 1. The van der Waals surface area contributed by atoms with Crippen LogP contribution in [0.25, 0.3) is 5.69 Å². The minimum atomic E-state index is -0.608. The van der Waals surface area contributed by atoms with Crippen molar-refractivity contribution in [3.8, 4) is 5.69 Å². The minimum Gasteiger partial charge on any atom is -0.334 e. The number of anilines is 1. The highest BCUT2D eigenvalue weighted by atomic mass is 16.2. The zero-order valence-corrected chi connectivity index (χ0v) is 17.6. The molecule has 1 aromatic carbocycles. The molecule has 5 rings (SSSR count). The van der Waals surface area contributed by atoms with Gasteiger partial charge < -0.3 is 14.8 Å². The van der Waals surface area contributed by atoms with Crippen molar-refractivity contribution < 1.29 is 9.59 Å². The average Bonchev–Trinajstić information content (AvgIpc) is 3.39. The van der Waals surface area contributed by atoms with Crippen LogP contribution in [0.3, 0.4) is 0 Å². The normalized spacial score (nSPS) is 17.0. The van der Waals surface area contributed by atoms with Gasteiger partial charge >= 0.3 is 11.8 Å². The van der Waals surface area contributed by atoms with Crippen LogP contribution in [0.1, 0.15) is 48.9 Å². The Balaban J connectivity index is 1.31. The lowest BCUT2D eigenvalue weighted by molar-refractivity contribution is -0.144. The second-order valence-electron chi connectivity index (χ2n) is 8.37. The van der Waals surface area contributed by atoms with Crippen LogP contribution in [0, 0.1) is 6.92 Å². The lowest BCUT2D eigenvalue weighted by Crippen LogP contribution is -2.44. The maximum absolute atomic E-state index is 12.9. The molecule has 0 unspecified atom stereocenters. The number of amides is 2. The van der Waals surface area contributed by atoms with E-state index in [-0.39, 0.29) is 0 Å². The number of imidazole rings is 1. The van der Waals surface area contributed by atoms with Gasteiger partial charge in [0, 0.05) is 43.0 Å². The van der Waals surface area contributed by atoms with Crippen LogP contribution in [0.4, 0.5) is 5.82 Å². The van der Waals surface area contributed by atoms with Crippen molar-refractivity contribution in [3.63, 3.8) is 0 Å². The number of para-hydroxylation sites is 1. The smallest absolute Gasteiger partial charge is 0.315 e. The van der Waals surface area contributed by atoms with E-state index in [0.717, 1.165) is 42.6 Å². The first-order valence-electron chi connectivity index (χ1n) is 10.8. The highest BCUT2D eigenvalue weighted by Crippen LogP contribution is 2.43. The number of hydrogen-bond acceptors (Lipinski definition) is 4. The summed E-state index contributed by atoms with van der Waals surface area (Å²) >= 11 is 0. The monoisotopic (exact) mass is 418 g/mol. The summed E-state index contributed by atoms with van der Waals surface area (Å²) in [5.74, 6) is -0.0702. The highest BCUT2D eigenvalue weighted by Gasteiger charge is 2.33. The Morgan fingerprint density at radius 2 is 1.81 bits per heavy atom. The van der Waals surface area contributed by atoms with Gasteiger partial charge in [-0.3, -0.25) is 9.59 Å². The topological polar surface area (TPSA) is 85.0 Å². The molecule has 0 spiro atoms.